The normalized spacial score (nSPS) is 30.3. The van der Waals surface area contributed by atoms with Crippen molar-refractivity contribution in [3.8, 4) is 0 Å². The smallest absolute Gasteiger partial charge is 0.322 e. The van der Waals surface area contributed by atoms with Gasteiger partial charge in [-0.25, -0.2) is 10.9 Å². The van der Waals surface area contributed by atoms with E-state index in [0.717, 1.165) is 5.56 Å². The topological polar surface area (TPSA) is 87.4 Å². The van der Waals surface area contributed by atoms with Crippen LogP contribution in [0.3, 0.4) is 0 Å². The van der Waals surface area contributed by atoms with Crippen LogP contribution in [0, 0.1) is 0 Å². The zero-order chi connectivity index (χ0) is 10.8. The highest BCUT2D eigenvalue weighted by Crippen LogP contribution is 2.24. The van der Waals surface area contributed by atoms with Gasteiger partial charge in [-0.1, -0.05) is 30.3 Å². The summed E-state index contributed by atoms with van der Waals surface area (Å²) >= 11 is 0. The molecule has 1 fully saturated rings. The van der Waals surface area contributed by atoms with Crippen molar-refractivity contribution in [2.75, 3.05) is 0 Å². The lowest BCUT2D eigenvalue weighted by Gasteiger charge is -2.17. The van der Waals surface area contributed by atoms with Crippen LogP contribution in [0.15, 0.2) is 30.3 Å². The molecule has 1 aliphatic rings. The van der Waals surface area contributed by atoms with Gasteiger partial charge in [0.25, 0.3) is 0 Å². The largest absolute Gasteiger partial charge is 0.480 e. The number of carboxylic acids is 1. The first-order chi connectivity index (χ1) is 7.20. The number of carbonyl (C=O) groups is 1. The molecule has 1 aromatic rings. The fourth-order valence-electron chi connectivity index (χ4n) is 1.86. The zero-order valence-electron chi connectivity index (χ0n) is 8.05. The quantitative estimate of drug-likeness (QED) is 0.531. The average molecular weight is 207 g/mol. The maximum absolute atomic E-state index is 11.0. The summed E-state index contributed by atoms with van der Waals surface area (Å²) in [5.74, 6) is -1.15. The van der Waals surface area contributed by atoms with Gasteiger partial charge in [0.05, 0.1) is 6.17 Å². The number of nitrogens with two attached hydrogens (primary N) is 1. The Bertz CT molecular complexity index is 355. The highest BCUT2D eigenvalue weighted by atomic mass is 16.4. The van der Waals surface area contributed by atoms with Gasteiger partial charge in [0.15, 0.2) is 0 Å². The summed E-state index contributed by atoms with van der Waals surface area (Å²) in [6, 6.07) is 8.73. The SMILES string of the molecule is NC1NNC(C(=O)O)C1c1ccccc1. The molecule has 15 heavy (non-hydrogen) atoms. The van der Waals surface area contributed by atoms with Crippen molar-refractivity contribution in [1.82, 2.24) is 10.9 Å². The minimum absolute atomic E-state index is 0.247. The van der Waals surface area contributed by atoms with Crippen molar-refractivity contribution in [2.24, 2.45) is 5.73 Å². The molecule has 2 rings (SSSR count). The van der Waals surface area contributed by atoms with E-state index in [0.29, 0.717) is 0 Å². The highest BCUT2D eigenvalue weighted by molar-refractivity contribution is 5.75. The van der Waals surface area contributed by atoms with Gasteiger partial charge in [-0.15, -0.1) is 0 Å². The third-order valence-corrected chi connectivity index (χ3v) is 2.60. The highest BCUT2D eigenvalue weighted by Gasteiger charge is 2.39. The van der Waals surface area contributed by atoms with Gasteiger partial charge in [-0.3, -0.25) is 4.79 Å². The number of rotatable bonds is 2. The maximum atomic E-state index is 11.0. The number of benzene rings is 1. The third-order valence-electron chi connectivity index (χ3n) is 2.60. The van der Waals surface area contributed by atoms with Crippen LogP contribution in [-0.2, 0) is 4.79 Å². The molecule has 0 aromatic heterocycles. The molecule has 3 atom stereocenters. The third kappa shape index (κ3) is 1.85. The Labute approximate surface area is 87.3 Å². The van der Waals surface area contributed by atoms with E-state index in [1.54, 1.807) is 0 Å². The van der Waals surface area contributed by atoms with Gasteiger partial charge in [-0.05, 0) is 5.56 Å². The second-order valence-electron chi connectivity index (χ2n) is 3.57. The molecule has 1 aliphatic heterocycles. The number of nitrogens with one attached hydrogen (secondary N) is 2. The molecule has 0 amide bonds. The summed E-state index contributed by atoms with van der Waals surface area (Å²) in [4.78, 5) is 11.0. The van der Waals surface area contributed by atoms with Crippen LogP contribution in [0.2, 0.25) is 0 Å². The molecule has 5 heteroatoms. The monoisotopic (exact) mass is 207 g/mol. The molecule has 3 unspecified atom stereocenters. The number of hydrazine groups is 1. The molecule has 0 radical (unpaired) electrons. The fraction of sp³-hybridized carbons (Fsp3) is 0.300. The van der Waals surface area contributed by atoms with Crippen molar-refractivity contribution in [2.45, 2.75) is 18.1 Å². The molecule has 0 bridgehead atoms. The van der Waals surface area contributed by atoms with Crippen molar-refractivity contribution in [1.29, 1.82) is 0 Å². The number of aliphatic carboxylic acids is 1. The molecule has 80 valence electrons. The van der Waals surface area contributed by atoms with E-state index in [1.165, 1.54) is 0 Å². The molecular formula is C10H13N3O2. The van der Waals surface area contributed by atoms with Crippen LogP contribution in [-0.4, -0.2) is 23.3 Å². The second-order valence-corrected chi connectivity index (χ2v) is 3.57. The molecule has 5 N–H and O–H groups in total. The van der Waals surface area contributed by atoms with Crippen LogP contribution in [0.4, 0.5) is 0 Å². The predicted octanol–water partition coefficient (Wildman–Crippen LogP) is -0.384. The number of hydrogen-bond donors (Lipinski definition) is 4. The van der Waals surface area contributed by atoms with Crippen molar-refractivity contribution in [3.05, 3.63) is 35.9 Å². The van der Waals surface area contributed by atoms with Crippen LogP contribution in [0.25, 0.3) is 0 Å². The minimum atomic E-state index is -0.899. The van der Waals surface area contributed by atoms with Crippen LogP contribution < -0.4 is 16.6 Å². The Morgan fingerprint density at radius 1 is 1.27 bits per heavy atom. The molecule has 1 aromatic carbocycles. The van der Waals surface area contributed by atoms with Crippen molar-refractivity contribution < 1.29 is 9.90 Å². The summed E-state index contributed by atoms with van der Waals surface area (Å²) in [7, 11) is 0. The fourth-order valence-corrected chi connectivity index (χ4v) is 1.86. The molecule has 0 aliphatic carbocycles. The van der Waals surface area contributed by atoms with E-state index in [9.17, 15) is 4.79 Å². The van der Waals surface area contributed by atoms with Crippen molar-refractivity contribution in [3.63, 3.8) is 0 Å². The van der Waals surface area contributed by atoms with E-state index >= 15 is 0 Å². The van der Waals surface area contributed by atoms with Gasteiger partial charge in [0.2, 0.25) is 0 Å². The van der Waals surface area contributed by atoms with Gasteiger partial charge in [0, 0.05) is 5.92 Å². The summed E-state index contributed by atoms with van der Waals surface area (Å²) in [5, 5.41) is 9.00. The maximum Gasteiger partial charge on any atom is 0.322 e. The van der Waals surface area contributed by atoms with E-state index in [-0.39, 0.29) is 12.1 Å². The summed E-state index contributed by atoms with van der Waals surface area (Å²) < 4.78 is 0. The minimum Gasteiger partial charge on any atom is -0.480 e. The van der Waals surface area contributed by atoms with Crippen LogP contribution in [0.1, 0.15) is 11.5 Å². The molecule has 5 nitrogen and oxygen atoms in total. The zero-order valence-corrected chi connectivity index (χ0v) is 8.05. The summed E-state index contributed by atoms with van der Waals surface area (Å²) in [5.41, 5.74) is 12.2. The first-order valence-electron chi connectivity index (χ1n) is 4.74. The van der Waals surface area contributed by atoms with Gasteiger partial charge in [0.1, 0.15) is 6.04 Å². The molecule has 0 spiro atoms. The lowest BCUT2D eigenvalue weighted by molar-refractivity contribution is -0.139. The molecule has 1 saturated heterocycles. The van der Waals surface area contributed by atoms with E-state index in [1.807, 2.05) is 30.3 Å². The first-order valence-corrected chi connectivity index (χ1v) is 4.74. The predicted molar refractivity (Wildman–Crippen MR) is 54.9 cm³/mol. The molecule has 1 heterocycles. The lowest BCUT2D eigenvalue weighted by atomic mass is 9.91. The summed E-state index contributed by atoms with van der Waals surface area (Å²) in [6.45, 7) is 0. The van der Waals surface area contributed by atoms with Crippen LogP contribution in [0.5, 0.6) is 0 Å². The van der Waals surface area contributed by atoms with Gasteiger partial charge >= 0.3 is 5.97 Å². The Hall–Kier alpha value is -1.43. The summed E-state index contributed by atoms with van der Waals surface area (Å²) in [6.07, 6.45) is -0.381. The Balaban J connectivity index is 2.29. The Morgan fingerprint density at radius 3 is 2.53 bits per heavy atom. The first kappa shape index (κ1) is 10.1. The second kappa shape index (κ2) is 3.98. The van der Waals surface area contributed by atoms with E-state index in [2.05, 4.69) is 10.9 Å². The average Bonchev–Trinajstić information content (AvgIpc) is 2.61. The van der Waals surface area contributed by atoms with E-state index in [4.69, 9.17) is 10.8 Å². The Morgan fingerprint density at radius 2 is 1.93 bits per heavy atom. The lowest BCUT2D eigenvalue weighted by Crippen LogP contribution is -2.39. The number of hydrogen-bond acceptors (Lipinski definition) is 4. The number of carboxylic acid groups (broad SMARTS) is 1. The Kier molecular flexibility index (Phi) is 2.68. The van der Waals surface area contributed by atoms with E-state index < -0.39 is 12.0 Å². The van der Waals surface area contributed by atoms with Gasteiger partial charge in [-0.2, -0.15) is 0 Å². The molecular weight excluding hydrogens is 194 g/mol. The van der Waals surface area contributed by atoms with Gasteiger partial charge < -0.3 is 10.8 Å². The van der Waals surface area contributed by atoms with Crippen molar-refractivity contribution >= 4 is 5.97 Å². The molecule has 0 saturated carbocycles. The van der Waals surface area contributed by atoms with Crippen LogP contribution >= 0.6 is 0 Å². The standard InChI is InChI=1S/C10H13N3O2/c11-9-7(6-4-2-1-3-5-6)8(10(14)15)12-13-9/h1-5,7-9,12-13H,11H2,(H,14,15).